The quantitative estimate of drug-likeness (QED) is 0.913. The first-order valence-electron chi connectivity index (χ1n) is 6.53. The van der Waals surface area contributed by atoms with Crippen molar-refractivity contribution in [2.45, 2.75) is 12.3 Å². The van der Waals surface area contributed by atoms with Gasteiger partial charge in [-0.25, -0.2) is 0 Å². The summed E-state index contributed by atoms with van der Waals surface area (Å²) < 4.78 is 10.8. The predicted molar refractivity (Wildman–Crippen MR) is 74.5 cm³/mol. The Bertz CT molecular complexity index is 554. The van der Waals surface area contributed by atoms with Gasteiger partial charge in [0.1, 0.15) is 0 Å². The van der Waals surface area contributed by atoms with E-state index < -0.39 is 0 Å². The third kappa shape index (κ3) is 2.42. The van der Waals surface area contributed by atoms with Crippen molar-refractivity contribution < 1.29 is 9.47 Å². The molecule has 0 radical (unpaired) electrons. The Labute approximate surface area is 113 Å². The molecule has 3 heteroatoms. The van der Waals surface area contributed by atoms with E-state index in [-0.39, 0.29) is 0 Å². The van der Waals surface area contributed by atoms with Gasteiger partial charge in [-0.3, -0.25) is 0 Å². The summed E-state index contributed by atoms with van der Waals surface area (Å²) in [6, 6.07) is 16.6. The van der Waals surface area contributed by atoms with E-state index in [1.165, 1.54) is 11.1 Å². The number of hydrogen-bond acceptors (Lipinski definition) is 3. The van der Waals surface area contributed by atoms with Gasteiger partial charge in [0.15, 0.2) is 11.5 Å². The smallest absolute Gasteiger partial charge is 0.231 e. The molecule has 0 amide bonds. The second-order valence-corrected chi connectivity index (χ2v) is 4.65. The van der Waals surface area contributed by atoms with Crippen molar-refractivity contribution in [3.8, 4) is 11.5 Å². The van der Waals surface area contributed by atoms with Gasteiger partial charge in [0.25, 0.3) is 0 Å². The number of ether oxygens (including phenoxy) is 2. The van der Waals surface area contributed by atoms with E-state index in [4.69, 9.17) is 15.2 Å². The molecular weight excluding hydrogens is 238 g/mol. The van der Waals surface area contributed by atoms with Crippen molar-refractivity contribution in [3.05, 3.63) is 59.7 Å². The first kappa shape index (κ1) is 12.1. The summed E-state index contributed by atoms with van der Waals surface area (Å²) >= 11 is 0. The third-order valence-corrected chi connectivity index (χ3v) is 3.46. The predicted octanol–water partition coefficient (Wildman–Crippen LogP) is 2.90. The Morgan fingerprint density at radius 1 is 0.947 bits per heavy atom. The Balaban J connectivity index is 1.96. The molecule has 0 unspecified atom stereocenters. The molecule has 0 bridgehead atoms. The van der Waals surface area contributed by atoms with Crippen LogP contribution in [0.15, 0.2) is 48.5 Å². The molecule has 2 aromatic rings. The van der Waals surface area contributed by atoms with Gasteiger partial charge in [0, 0.05) is 5.92 Å². The van der Waals surface area contributed by atoms with Gasteiger partial charge in [-0.05, 0) is 36.2 Å². The summed E-state index contributed by atoms with van der Waals surface area (Å²) in [5.41, 5.74) is 8.27. The highest BCUT2D eigenvalue weighted by atomic mass is 16.7. The molecule has 0 fully saturated rings. The van der Waals surface area contributed by atoms with Gasteiger partial charge in [-0.15, -0.1) is 0 Å². The van der Waals surface area contributed by atoms with E-state index in [0.717, 1.165) is 17.9 Å². The van der Waals surface area contributed by atoms with Crippen LogP contribution in [0.25, 0.3) is 0 Å². The SMILES string of the molecule is NCC[C@@H](c1ccccc1)c1ccc2c(c1)OCO2. The van der Waals surface area contributed by atoms with Crippen molar-refractivity contribution in [1.29, 1.82) is 0 Å². The lowest BCUT2D eigenvalue weighted by atomic mass is 9.88. The van der Waals surface area contributed by atoms with Crippen LogP contribution in [-0.2, 0) is 0 Å². The van der Waals surface area contributed by atoms with Gasteiger partial charge in [0.05, 0.1) is 0 Å². The topological polar surface area (TPSA) is 44.5 Å². The second kappa shape index (κ2) is 5.33. The van der Waals surface area contributed by atoms with Crippen LogP contribution in [0.5, 0.6) is 11.5 Å². The van der Waals surface area contributed by atoms with E-state index >= 15 is 0 Å². The molecule has 1 heterocycles. The summed E-state index contributed by atoms with van der Waals surface area (Å²) in [5.74, 6) is 1.96. The van der Waals surface area contributed by atoms with E-state index in [2.05, 4.69) is 36.4 Å². The fourth-order valence-corrected chi connectivity index (χ4v) is 2.51. The first-order chi connectivity index (χ1) is 9.38. The van der Waals surface area contributed by atoms with Crippen LogP contribution in [0.3, 0.4) is 0 Å². The molecule has 3 rings (SSSR count). The largest absolute Gasteiger partial charge is 0.454 e. The Morgan fingerprint density at radius 2 is 1.74 bits per heavy atom. The molecule has 2 aromatic carbocycles. The minimum Gasteiger partial charge on any atom is -0.454 e. The van der Waals surface area contributed by atoms with Crippen molar-refractivity contribution in [2.75, 3.05) is 13.3 Å². The summed E-state index contributed by atoms with van der Waals surface area (Å²) in [6.45, 7) is 0.972. The molecule has 3 nitrogen and oxygen atoms in total. The van der Waals surface area contributed by atoms with Crippen LogP contribution in [0.2, 0.25) is 0 Å². The molecule has 0 aliphatic carbocycles. The van der Waals surface area contributed by atoms with E-state index in [1.807, 2.05) is 12.1 Å². The Hall–Kier alpha value is -2.00. The average Bonchev–Trinajstić information content (AvgIpc) is 2.93. The highest BCUT2D eigenvalue weighted by Crippen LogP contribution is 2.37. The highest BCUT2D eigenvalue weighted by molar-refractivity contribution is 5.47. The summed E-state index contributed by atoms with van der Waals surface area (Å²) in [5, 5.41) is 0. The van der Waals surface area contributed by atoms with Gasteiger partial charge in [-0.1, -0.05) is 36.4 Å². The zero-order valence-corrected chi connectivity index (χ0v) is 10.7. The maximum Gasteiger partial charge on any atom is 0.231 e. The fourth-order valence-electron chi connectivity index (χ4n) is 2.51. The lowest BCUT2D eigenvalue weighted by Crippen LogP contribution is -2.08. The van der Waals surface area contributed by atoms with Crippen molar-refractivity contribution in [1.82, 2.24) is 0 Å². The third-order valence-electron chi connectivity index (χ3n) is 3.46. The van der Waals surface area contributed by atoms with Crippen LogP contribution >= 0.6 is 0 Å². The lowest BCUT2D eigenvalue weighted by molar-refractivity contribution is 0.174. The molecule has 0 saturated carbocycles. The van der Waals surface area contributed by atoms with Gasteiger partial charge in [0.2, 0.25) is 6.79 Å². The maximum absolute atomic E-state index is 5.76. The van der Waals surface area contributed by atoms with E-state index in [1.54, 1.807) is 0 Å². The molecule has 0 aromatic heterocycles. The number of fused-ring (bicyclic) bond motifs is 1. The average molecular weight is 255 g/mol. The Morgan fingerprint density at radius 3 is 2.53 bits per heavy atom. The molecule has 1 aliphatic heterocycles. The van der Waals surface area contributed by atoms with Crippen LogP contribution in [-0.4, -0.2) is 13.3 Å². The molecule has 98 valence electrons. The Kier molecular flexibility index (Phi) is 3.38. The minimum atomic E-state index is 0.306. The molecule has 0 spiro atoms. The van der Waals surface area contributed by atoms with E-state index in [0.29, 0.717) is 19.3 Å². The van der Waals surface area contributed by atoms with Gasteiger partial charge >= 0.3 is 0 Å². The maximum atomic E-state index is 5.76. The molecule has 0 saturated heterocycles. The first-order valence-corrected chi connectivity index (χ1v) is 6.53. The van der Waals surface area contributed by atoms with Gasteiger partial charge in [-0.2, -0.15) is 0 Å². The summed E-state index contributed by atoms with van der Waals surface area (Å²) in [6.07, 6.45) is 0.920. The highest BCUT2D eigenvalue weighted by Gasteiger charge is 2.18. The summed E-state index contributed by atoms with van der Waals surface area (Å²) in [7, 11) is 0. The van der Waals surface area contributed by atoms with Gasteiger partial charge < -0.3 is 15.2 Å². The molecule has 1 atom stereocenters. The van der Waals surface area contributed by atoms with E-state index in [9.17, 15) is 0 Å². The molecular formula is C16H17NO2. The minimum absolute atomic E-state index is 0.306. The summed E-state index contributed by atoms with van der Waals surface area (Å²) in [4.78, 5) is 0. The van der Waals surface area contributed by atoms with Crippen molar-refractivity contribution in [2.24, 2.45) is 5.73 Å². The van der Waals surface area contributed by atoms with Crippen LogP contribution in [0, 0.1) is 0 Å². The van der Waals surface area contributed by atoms with Crippen LogP contribution < -0.4 is 15.2 Å². The molecule has 2 N–H and O–H groups in total. The van der Waals surface area contributed by atoms with Crippen molar-refractivity contribution in [3.63, 3.8) is 0 Å². The zero-order valence-electron chi connectivity index (χ0n) is 10.7. The lowest BCUT2D eigenvalue weighted by Gasteiger charge is -2.17. The normalized spacial score (nSPS) is 14.4. The number of benzene rings is 2. The standard InChI is InChI=1S/C16H17NO2/c17-9-8-14(12-4-2-1-3-5-12)13-6-7-15-16(10-13)19-11-18-15/h1-7,10,14H,8-9,11,17H2/t14-/m0/s1. The monoisotopic (exact) mass is 255 g/mol. The van der Waals surface area contributed by atoms with Crippen LogP contribution in [0.1, 0.15) is 23.5 Å². The van der Waals surface area contributed by atoms with Crippen molar-refractivity contribution >= 4 is 0 Å². The molecule has 1 aliphatic rings. The number of hydrogen-bond donors (Lipinski definition) is 1. The second-order valence-electron chi connectivity index (χ2n) is 4.65. The number of nitrogens with two attached hydrogens (primary N) is 1. The number of rotatable bonds is 4. The molecule has 19 heavy (non-hydrogen) atoms. The fraction of sp³-hybridized carbons (Fsp3) is 0.250. The van der Waals surface area contributed by atoms with Crippen LogP contribution in [0.4, 0.5) is 0 Å². The zero-order chi connectivity index (χ0) is 13.1.